The fraction of sp³-hybridized carbons (Fsp3) is 0.917. The third kappa shape index (κ3) is 3.46. The molecular weight excluding hydrogens is 202 g/mol. The minimum absolute atomic E-state index is 0.0343. The van der Waals surface area contributed by atoms with E-state index in [-0.39, 0.29) is 11.9 Å². The summed E-state index contributed by atoms with van der Waals surface area (Å²) < 4.78 is 0. The lowest BCUT2D eigenvalue weighted by Crippen LogP contribution is -2.49. The summed E-state index contributed by atoms with van der Waals surface area (Å²) in [7, 11) is 0. The Morgan fingerprint density at radius 2 is 2.38 bits per heavy atom. The molecule has 1 aliphatic heterocycles. The first-order chi connectivity index (χ1) is 7.70. The third-order valence-electron chi connectivity index (χ3n) is 3.40. The van der Waals surface area contributed by atoms with Gasteiger partial charge in [-0.1, -0.05) is 13.3 Å². The number of unbranched alkanes of at least 4 members (excludes halogenated alkanes) is 1. The molecule has 1 rings (SSSR count). The molecule has 1 aliphatic rings. The smallest absolute Gasteiger partial charge is 0.237 e. The monoisotopic (exact) mass is 227 g/mol. The molecule has 2 unspecified atom stereocenters. The van der Waals surface area contributed by atoms with E-state index in [1.165, 1.54) is 0 Å². The van der Waals surface area contributed by atoms with E-state index in [0.717, 1.165) is 38.8 Å². The minimum Gasteiger partial charge on any atom is -0.355 e. The lowest BCUT2D eigenvalue weighted by Gasteiger charge is -2.28. The third-order valence-corrected chi connectivity index (χ3v) is 3.40. The highest BCUT2D eigenvalue weighted by Crippen LogP contribution is 2.19. The molecule has 0 aliphatic carbocycles. The maximum atomic E-state index is 11.9. The topological polar surface area (TPSA) is 58.4 Å². The fourth-order valence-electron chi connectivity index (χ4n) is 2.31. The second-order valence-corrected chi connectivity index (χ2v) is 4.59. The van der Waals surface area contributed by atoms with E-state index >= 15 is 0 Å². The average molecular weight is 227 g/mol. The van der Waals surface area contributed by atoms with Gasteiger partial charge in [0.2, 0.25) is 5.91 Å². The van der Waals surface area contributed by atoms with E-state index in [1.807, 2.05) is 6.92 Å². The molecule has 94 valence electrons. The van der Waals surface area contributed by atoms with Crippen molar-refractivity contribution in [1.29, 1.82) is 0 Å². The highest BCUT2D eigenvalue weighted by molar-refractivity contribution is 5.81. The van der Waals surface area contributed by atoms with Crippen LogP contribution < -0.4 is 11.1 Å². The van der Waals surface area contributed by atoms with E-state index in [1.54, 1.807) is 0 Å². The number of carbonyl (C=O) groups is 1. The number of amides is 1. The van der Waals surface area contributed by atoms with Crippen LogP contribution in [0.5, 0.6) is 0 Å². The second kappa shape index (κ2) is 6.86. The summed E-state index contributed by atoms with van der Waals surface area (Å²) in [5, 5.41) is 2.98. The number of rotatable bonds is 6. The van der Waals surface area contributed by atoms with Gasteiger partial charge in [-0.3, -0.25) is 9.69 Å². The zero-order chi connectivity index (χ0) is 12.0. The van der Waals surface area contributed by atoms with E-state index in [0.29, 0.717) is 12.6 Å². The number of carbonyl (C=O) groups excluding carboxylic acids is 1. The molecule has 0 saturated carbocycles. The maximum Gasteiger partial charge on any atom is 0.237 e. The van der Waals surface area contributed by atoms with Crippen molar-refractivity contribution in [3.05, 3.63) is 0 Å². The normalized spacial score (nSPS) is 23.3. The lowest BCUT2D eigenvalue weighted by atomic mass is 10.2. The molecular formula is C12H25N3O. The highest BCUT2D eigenvalue weighted by Gasteiger charge is 2.30. The fourth-order valence-corrected chi connectivity index (χ4v) is 2.31. The molecule has 1 amide bonds. The number of nitrogens with one attached hydrogen (secondary N) is 1. The van der Waals surface area contributed by atoms with Crippen LogP contribution in [0.1, 0.15) is 39.5 Å². The summed E-state index contributed by atoms with van der Waals surface area (Å²) in [5.41, 5.74) is 5.71. The van der Waals surface area contributed by atoms with Gasteiger partial charge in [-0.15, -0.1) is 0 Å². The van der Waals surface area contributed by atoms with Gasteiger partial charge < -0.3 is 11.1 Å². The van der Waals surface area contributed by atoms with Gasteiger partial charge in [-0.25, -0.2) is 0 Å². The Kier molecular flexibility index (Phi) is 5.77. The quantitative estimate of drug-likeness (QED) is 0.657. The van der Waals surface area contributed by atoms with Gasteiger partial charge in [0.25, 0.3) is 0 Å². The van der Waals surface area contributed by atoms with Crippen molar-refractivity contribution in [2.75, 3.05) is 19.6 Å². The number of nitrogens with two attached hydrogens (primary N) is 1. The summed E-state index contributed by atoms with van der Waals surface area (Å²) in [6, 6.07) is 0.361. The molecule has 1 saturated heterocycles. The van der Waals surface area contributed by atoms with Crippen LogP contribution >= 0.6 is 0 Å². The van der Waals surface area contributed by atoms with Gasteiger partial charge in [0, 0.05) is 19.1 Å². The molecule has 3 N–H and O–H groups in total. The Hall–Kier alpha value is -0.610. The Bertz CT molecular complexity index is 220. The Morgan fingerprint density at radius 1 is 1.62 bits per heavy atom. The van der Waals surface area contributed by atoms with Crippen molar-refractivity contribution in [2.45, 2.75) is 51.6 Å². The average Bonchev–Trinajstić information content (AvgIpc) is 2.76. The molecule has 4 heteroatoms. The first kappa shape index (κ1) is 13.5. The Labute approximate surface area is 98.6 Å². The molecule has 2 atom stereocenters. The first-order valence-corrected chi connectivity index (χ1v) is 6.44. The van der Waals surface area contributed by atoms with Crippen molar-refractivity contribution >= 4 is 5.91 Å². The molecule has 0 aromatic heterocycles. The lowest BCUT2D eigenvalue weighted by molar-refractivity contribution is -0.126. The van der Waals surface area contributed by atoms with Crippen molar-refractivity contribution in [3.8, 4) is 0 Å². The van der Waals surface area contributed by atoms with Gasteiger partial charge >= 0.3 is 0 Å². The van der Waals surface area contributed by atoms with Crippen molar-refractivity contribution in [3.63, 3.8) is 0 Å². The summed E-state index contributed by atoms with van der Waals surface area (Å²) in [4.78, 5) is 14.1. The Balaban J connectivity index is 2.37. The van der Waals surface area contributed by atoms with Crippen LogP contribution in [0.2, 0.25) is 0 Å². The van der Waals surface area contributed by atoms with Gasteiger partial charge in [-0.05, 0) is 32.7 Å². The van der Waals surface area contributed by atoms with Crippen LogP contribution in [0, 0.1) is 0 Å². The molecule has 0 spiro atoms. The van der Waals surface area contributed by atoms with Crippen molar-refractivity contribution in [1.82, 2.24) is 10.2 Å². The van der Waals surface area contributed by atoms with Crippen molar-refractivity contribution < 1.29 is 4.79 Å². The number of nitrogens with zero attached hydrogens (tertiary/aromatic N) is 1. The summed E-state index contributed by atoms with van der Waals surface area (Å²) in [5.74, 6) is 0.147. The van der Waals surface area contributed by atoms with E-state index < -0.39 is 0 Å². The van der Waals surface area contributed by atoms with Gasteiger partial charge in [-0.2, -0.15) is 0 Å². The van der Waals surface area contributed by atoms with Crippen LogP contribution in [-0.4, -0.2) is 42.5 Å². The number of hydrogen-bond acceptors (Lipinski definition) is 3. The van der Waals surface area contributed by atoms with Gasteiger partial charge in [0.05, 0.1) is 6.04 Å². The standard InChI is InChI=1S/C12H25N3O/c1-3-4-7-14-12(16)10(2)15-8-5-6-11(15)9-13/h10-11H,3-9,13H2,1-2H3,(H,14,16). The van der Waals surface area contributed by atoms with Gasteiger partial charge in [0.15, 0.2) is 0 Å². The predicted octanol–water partition coefficient (Wildman–Crippen LogP) is 0.714. The molecule has 16 heavy (non-hydrogen) atoms. The number of hydrogen-bond donors (Lipinski definition) is 2. The predicted molar refractivity (Wildman–Crippen MR) is 66.2 cm³/mol. The molecule has 1 heterocycles. The zero-order valence-electron chi connectivity index (χ0n) is 10.5. The minimum atomic E-state index is -0.0343. The van der Waals surface area contributed by atoms with E-state index in [2.05, 4.69) is 17.1 Å². The summed E-state index contributed by atoms with van der Waals surface area (Å²) >= 11 is 0. The van der Waals surface area contributed by atoms with E-state index in [4.69, 9.17) is 5.73 Å². The summed E-state index contributed by atoms with van der Waals surface area (Å²) in [6.45, 7) is 6.56. The highest BCUT2D eigenvalue weighted by atomic mass is 16.2. The van der Waals surface area contributed by atoms with Crippen molar-refractivity contribution in [2.24, 2.45) is 5.73 Å². The molecule has 0 aromatic rings. The first-order valence-electron chi connectivity index (χ1n) is 6.44. The van der Waals surface area contributed by atoms with Crippen LogP contribution in [-0.2, 0) is 4.79 Å². The molecule has 1 fully saturated rings. The van der Waals surface area contributed by atoms with Crippen LogP contribution in [0.3, 0.4) is 0 Å². The molecule has 0 aromatic carbocycles. The van der Waals surface area contributed by atoms with Crippen LogP contribution in [0.4, 0.5) is 0 Å². The maximum absolute atomic E-state index is 11.9. The molecule has 0 bridgehead atoms. The Morgan fingerprint density at radius 3 is 3.00 bits per heavy atom. The van der Waals surface area contributed by atoms with Crippen LogP contribution in [0.25, 0.3) is 0 Å². The van der Waals surface area contributed by atoms with Gasteiger partial charge in [0.1, 0.15) is 0 Å². The molecule has 4 nitrogen and oxygen atoms in total. The largest absolute Gasteiger partial charge is 0.355 e. The second-order valence-electron chi connectivity index (χ2n) is 4.59. The van der Waals surface area contributed by atoms with E-state index in [9.17, 15) is 4.79 Å². The molecule has 0 radical (unpaired) electrons. The summed E-state index contributed by atoms with van der Waals surface area (Å²) in [6.07, 6.45) is 4.46. The zero-order valence-corrected chi connectivity index (χ0v) is 10.5. The SMILES string of the molecule is CCCCNC(=O)C(C)N1CCCC1CN. The van der Waals surface area contributed by atoms with Crippen LogP contribution in [0.15, 0.2) is 0 Å². The number of likely N-dealkylation sites (tertiary alicyclic amines) is 1.